The lowest BCUT2D eigenvalue weighted by Crippen LogP contribution is -2.10. The van der Waals surface area contributed by atoms with Crippen LogP contribution in [0.1, 0.15) is 5.56 Å². The molecule has 0 spiro atoms. The van der Waals surface area contributed by atoms with Gasteiger partial charge in [0, 0.05) is 9.50 Å². The van der Waals surface area contributed by atoms with Crippen LogP contribution in [0, 0.1) is 0 Å². The van der Waals surface area contributed by atoms with Crippen molar-refractivity contribution in [3.63, 3.8) is 0 Å². The first-order valence-electron chi connectivity index (χ1n) is 5.19. The van der Waals surface area contributed by atoms with Crippen LogP contribution in [-0.4, -0.2) is 4.99 Å². The van der Waals surface area contributed by atoms with Crippen molar-refractivity contribution in [1.29, 1.82) is 0 Å². The van der Waals surface area contributed by atoms with Crippen molar-refractivity contribution in [1.82, 2.24) is 0 Å². The van der Waals surface area contributed by atoms with E-state index >= 15 is 0 Å². The van der Waals surface area contributed by atoms with Gasteiger partial charge in [0.1, 0.15) is 16.5 Å². The van der Waals surface area contributed by atoms with E-state index in [1.54, 1.807) is 24.3 Å². The summed E-state index contributed by atoms with van der Waals surface area (Å²) >= 11 is 17.7. The molecule has 2 aromatic carbocycles. The molecule has 0 unspecified atom stereocenters. The molecule has 0 radical (unpaired) electrons. The summed E-state index contributed by atoms with van der Waals surface area (Å²) in [5, 5.41) is 0.629. The summed E-state index contributed by atoms with van der Waals surface area (Å²) in [4.78, 5) is 0.279. The maximum absolute atomic E-state index is 5.89. The first-order chi connectivity index (χ1) is 8.97. The van der Waals surface area contributed by atoms with Gasteiger partial charge in [-0.1, -0.05) is 39.7 Å². The average Bonchev–Trinajstić information content (AvgIpc) is 2.34. The standard InChI is InChI=1S/C13H8Br2ClNOS/c14-7-1-3-11(9(5-7)13(17)19)18-12-4-2-8(16)6-10(12)15/h1-6H,(H2,17,19). The van der Waals surface area contributed by atoms with E-state index in [1.807, 2.05) is 12.1 Å². The molecule has 0 fully saturated rings. The minimum atomic E-state index is 0.279. The molecule has 0 atom stereocenters. The van der Waals surface area contributed by atoms with Crippen LogP contribution in [-0.2, 0) is 0 Å². The zero-order valence-electron chi connectivity index (χ0n) is 9.49. The summed E-state index contributed by atoms with van der Waals surface area (Å²) in [5.74, 6) is 1.24. The van der Waals surface area contributed by atoms with Crippen molar-refractivity contribution in [2.75, 3.05) is 0 Å². The van der Waals surface area contributed by atoms with Gasteiger partial charge in [-0.05, 0) is 52.3 Å². The summed E-state index contributed by atoms with van der Waals surface area (Å²) in [6.45, 7) is 0. The van der Waals surface area contributed by atoms with Gasteiger partial charge in [0.15, 0.2) is 0 Å². The number of thiocarbonyl (C=S) groups is 1. The lowest BCUT2D eigenvalue weighted by molar-refractivity contribution is 0.478. The van der Waals surface area contributed by atoms with E-state index in [9.17, 15) is 0 Å². The van der Waals surface area contributed by atoms with Gasteiger partial charge in [-0.25, -0.2) is 0 Å². The Bertz CT molecular complexity index is 649. The molecule has 6 heteroatoms. The number of hydrogen-bond acceptors (Lipinski definition) is 2. The van der Waals surface area contributed by atoms with Crippen LogP contribution in [0.5, 0.6) is 11.5 Å². The smallest absolute Gasteiger partial charge is 0.141 e. The molecule has 98 valence electrons. The second-order valence-electron chi connectivity index (χ2n) is 3.68. The van der Waals surface area contributed by atoms with E-state index in [0.29, 0.717) is 22.1 Å². The molecular weight excluding hydrogens is 413 g/mol. The van der Waals surface area contributed by atoms with E-state index in [-0.39, 0.29) is 4.99 Å². The van der Waals surface area contributed by atoms with Crippen molar-refractivity contribution in [2.45, 2.75) is 0 Å². The maximum atomic E-state index is 5.89. The first-order valence-corrected chi connectivity index (χ1v) is 7.57. The highest BCUT2D eigenvalue weighted by Gasteiger charge is 2.10. The van der Waals surface area contributed by atoms with Crippen LogP contribution in [0.2, 0.25) is 5.02 Å². The molecule has 0 heterocycles. The second kappa shape index (κ2) is 6.22. The number of hydrogen-bond donors (Lipinski definition) is 1. The Labute approximate surface area is 138 Å². The molecule has 0 saturated carbocycles. The summed E-state index contributed by atoms with van der Waals surface area (Å²) in [6, 6.07) is 10.8. The third-order valence-electron chi connectivity index (χ3n) is 2.32. The molecule has 0 aromatic heterocycles. The third-order valence-corrected chi connectivity index (χ3v) is 3.89. The molecule has 2 nitrogen and oxygen atoms in total. The number of nitrogens with two attached hydrogens (primary N) is 1. The topological polar surface area (TPSA) is 35.2 Å². The van der Waals surface area contributed by atoms with Gasteiger partial charge in [0.25, 0.3) is 0 Å². The Morgan fingerprint density at radius 1 is 1.11 bits per heavy atom. The minimum absolute atomic E-state index is 0.279. The molecule has 0 saturated heterocycles. The highest BCUT2D eigenvalue weighted by molar-refractivity contribution is 9.10. The highest BCUT2D eigenvalue weighted by Crippen LogP contribution is 2.34. The van der Waals surface area contributed by atoms with E-state index in [4.69, 9.17) is 34.3 Å². The van der Waals surface area contributed by atoms with Crippen molar-refractivity contribution < 1.29 is 4.74 Å². The van der Waals surface area contributed by atoms with Gasteiger partial charge in [0.2, 0.25) is 0 Å². The predicted octanol–water partition coefficient (Wildman–Crippen LogP) is 5.29. The molecule has 0 amide bonds. The zero-order chi connectivity index (χ0) is 14.0. The third kappa shape index (κ3) is 3.69. The van der Waals surface area contributed by atoms with Crippen molar-refractivity contribution in [3.05, 3.63) is 55.9 Å². The largest absolute Gasteiger partial charge is 0.455 e. The lowest BCUT2D eigenvalue weighted by atomic mass is 10.2. The average molecular weight is 422 g/mol. The molecule has 2 N–H and O–H groups in total. The fourth-order valence-electron chi connectivity index (χ4n) is 1.46. The van der Waals surface area contributed by atoms with Crippen LogP contribution in [0.4, 0.5) is 0 Å². The van der Waals surface area contributed by atoms with Crippen molar-refractivity contribution in [2.24, 2.45) is 5.73 Å². The molecule has 0 bridgehead atoms. The van der Waals surface area contributed by atoms with Crippen LogP contribution >= 0.6 is 55.7 Å². The molecule has 2 aromatic rings. The minimum Gasteiger partial charge on any atom is -0.455 e. The lowest BCUT2D eigenvalue weighted by Gasteiger charge is -2.12. The summed E-state index contributed by atoms with van der Waals surface area (Å²) in [6.07, 6.45) is 0. The molecular formula is C13H8Br2ClNOS. The van der Waals surface area contributed by atoms with Crippen LogP contribution in [0.25, 0.3) is 0 Å². The fourth-order valence-corrected chi connectivity index (χ4v) is 2.74. The van der Waals surface area contributed by atoms with E-state index in [0.717, 1.165) is 8.95 Å². The Morgan fingerprint density at radius 2 is 1.79 bits per heavy atom. The van der Waals surface area contributed by atoms with Gasteiger partial charge in [-0.2, -0.15) is 0 Å². The quantitative estimate of drug-likeness (QED) is 0.684. The Kier molecular flexibility index (Phi) is 4.84. The van der Waals surface area contributed by atoms with Gasteiger partial charge < -0.3 is 10.5 Å². The van der Waals surface area contributed by atoms with E-state index in [2.05, 4.69) is 31.9 Å². The van der Waals surface area contributed by atoms with Gasteiger partial charge in [0.05, 0.1) is 10.0 Å². The fraction of sp³-hybridized carbons (Fsp3) is 0. The molecule has 0 aliphatic rings. The van der Waals surface area contributed by atoms with Crippen LogP contribution < -0.4 is 10.5 Å². The molecule has 0 aliphatic heterocycles. The van der Waals surface area contributed by atoms with Crippen molar-refractivity contribution in [3.8, 4) is 11.5 Å². The normalized spacial score (nSPS) is 10.3. The molecule has 0 aliphatic carbocycles. The van der Waals surface area contributed by atoms with E-state index < -0.39 is 0 Å². The first kappa shape index (κ1) is 14.8. The Morgan fingerprint density at radius 3 is 2.42 bits per heavy atom. The summed E-state index contributed by atoms with van der Waals surface area (Å²) in [7, 11) is 0. The van der Waals surface area contributed by atoms with E-state index in [1.165, 1.54) is 0 Å². The van der Waals surface area contributed by atoms with Gasteiger partial charge in [-0.3, -0.25) is 0 Å². The molecule has 19 heavy (non-hydrogen) atoms. The number of ether oxygens (including phenoxy) is 1. The Balaban J connectivity index is 2.40. The van der Waals surface area contributed by atoms with Crippen LogP contribution in [0.3, 0.4) is 0 Å². The second-order valence-corrected chi connectivity index (χ2v) is 6.33. The number of benzene rings is 2. The molecule has 2 rings (SSSR count). The van der Waals surface area contributed by atoms with Gasteiger partial charge in [-0.15, -0.1) is 0 Å². The van der Waals surface area contributed by atoms with Gasteiger partial charge >= 0.3 is 0 Å². The Hall–Kier alpha value is -0.620. The number of halogens is 3. The number of rotatable bonds is 3. The van der Waals surface area contributed by atoms with Crippen molar-refractivity contribution >= 4 is 60.7 Å². The maximum Gasteiger partial charge on any atom is 0.141 e. The monoisotopic (exact) mass is 419 g/mol. The highest BCUT2D eigenvalue weighted by atomic mass is 79.9. The SMILES string of the molecule is NC(=S)c1cc(Br)ccc1Oc1ccc(Cl)cc1Br. The zero-order valence-corrected chi connectivity index (χ0v) is 14.2. The summed E-state index contributed by atoms with van der Waals surface area (Å²) < 4.78 is 7.47. The van der Waals surface area contributed by atoms with Crippen LogP contribution in [0.15, 0.2) is 45.3 Å². The summed E-state index contributed by atoms with van der Waals surface area (Å²) in [5.41, 5.74) is 6.37. The predicted molar refractivity (Wildman–Crippen MR) is 89.3 cm³/mol.